The van der Waals surface area contributed by atoms with Crippen LogP contribution < -0.4 is 5.73 Å². The number of aromatic nitrogens is 2. The van der Waals surface area contributed by atoms with Gasteiger partial charge in [0.05, 0.1) is 17.1 Å². The summed E-state index contributed by atoms with van der Waals surface area (Å²) in [5.41, 5.74) is 9.00. The molecule has 0 amide bonds. The molecule has 0 spiro atoms. The molecule has 1 aromatic carbocycles. The fourth-order valence-corrected chi connectivity index (χ4v) is 1.36. The first-order valence-electron chi connectivity index (χ1n) is 4.38. The minimum absolute atomic E-state index is 0. The van der Waals surface area contributed by atoms with Crippen molar-refractivity contribution >= 4 is 35.8 Å². The molecule has 1 unspecified atom stereocenters. The van der Waals surface area contributed by atoms with E-state index >= 15 is 0 Å². The first-order valence-corrected chi connectivity index (χ1v) is 4.38. The number of rotatable bonds is 1. The largest absolute Gasteiger partial charge is 0.341 e. The molecule has 0 saturated heterocycles. The van der Waals surface area contributed by atoms with Gasteiger partial charge in [-0.2, -0.15) is 0 Å². The van der Waals surface area contributed by atoms with Crippen molar-refractivity contribution in [1.29, 1.82) is 0 Å². The fourth-order valence-electron chi connectivity index (χ4n) is 1.36. The summed E-state index contributed by atoms with van der Waals surface area (Å²) in [5, 5.41) is 0. The van der Waals surface area contributed by atoms with Crippen LogP contribution in [0.4, 0.5) is 0 Å². The van der Waals surface area contributed by atoms with Crippen molar-refractivity contribution in [3.05, 3.63) is 29.6 Å². The summed E-state index contributed by atoms with van der Waals surface area (Å²) in [4.78, 5) is 7.57. The smallest absolute Gasteiger partial charge is 0.123 e. The molecule has 1 atom stereocenters. The molecule has 1 aromatic heterocycles. The highest BCUT2D eigenvalue weighted by molar-refractivity contribution is 5.85. The van der Waals surface area contributed by atoms with Gasteiger partial charge in [0.15, 0.2) is 0 Å². The van der Waals surface area contributed by atoms with Crippen LogP contribution in [0.1, 0.15) is 24.4 Å². The van der Waals surface area contributed by atoms with Crippen LogP contribution in [0.5, 0.6) is 0 Å². The molecule has 0 aliphatic heterocycles. The van der Waals surface area contributed by atoms with Gasteiger partial charge in [0.25, 0.3) is 0 Å². The van der Waals surface area contributed by atoms with Gasteiger partial charge in [-0.05, 0) is 31.5 Å². The number of H-pyrrole nitrogens is 1. The lowest BCUT2D eigenvalue weighted by atomic mass is 10.2. The third-order valence-electron chi connectivity index (χ3n) is 2.09. The van der Waals surface area contributed by atoms with E-state index < -0.39 is 0 Å². The molecule has 2 aromatic rings. The van der Waals surface area contributed by atoms with Crippen molar-refractivity contribution in [3.63, 3.8) is 0 Å². The number of aryl methyl sites for hydroxylation is 1. The van der Waals surface area contributed by atoms with Gasteiger partial charge in [0, 0.05) is 0 Å². The van der Waals surface area contributed by atoms with Gasteiger partial charge < -0.3 is 10.7 Å². The maximum Gasteiger partial charge on any atom is 0.123 e. The quantitative estimate of drug-likeness (QED) is 0.815. The molecular formula is C10H15Cl2N3. The van der Waals surface area contributed by atoms with E-state index in [9.17, 15) is 0 Å². The predicted octanol–water partition coefficient (Wildman–Crippen LogP) is 2.73. The Morgan fingerprint density at radius 2 is 2.00 bits per heavy atom. The Morgan fingerprint density at radius 3 is 2.60 bits per heavy atom. The summed E-state index contributed by atoms with van der Waals surface area (Å²) in [6.45, 7) is 3.98. The maximum atomic E-state index is 5.72. The lowest BCUT2D eigenvalue weighted by molar-refractivity contribution is 0.760. The van der Waals surface area contributed by atoms with Crippen molar-refractivity contribution in [2.45, 2.75) is 19.9 Å². The third kappa shape index (κ3) is 2.84. The molecule has 3 nitrogen and oxygen atoms in total. The second-order valence-corrected chi connectivity index (χ2v) is 3.43. The summed E-state index contributed by atoms with van der Waals surface area (Å²) in [6.07, 6.45) is 0. The van der Waals surface area contributed by atoms with E-state index in [2.05, 4.69) is 23.0 Å². The number of nitrogens with zero attached hydrogens (tertiary/aromatic N) is 1. The highest BCUT2D eigenvalue weighted by Crippen LogP contribution is 2.15. The highest BCUT2D eigenvalue weighted by atomic mass is 35.5. The molecular weight excluding hydrogens is 233 g/mol. The van der Waals surface area contributed by atoms with Crippen LogP contribution >= 0.6 is 24.8 Å². The van der Waals surface area contributed by atoms with Crippen molar-refractivity contribution in [3.8, 4) is 0 Å². The Balaban J connectivity index is 0.000000980. The zero-order chi connectivity index (χ0) is 9.42. The van der Waals surface area contributed by atoms with Crippen molar-refractivity contribution < 1.29 is 0 Å². The van der Waals surface area contributed by atoms with Crippen LogP contribution in [-0.4, -0.2) is 9.97 Å². The minimum atomic E-state index is -0.0345. The Hall–Kier alpha value is -0.770. The van der Waals surface area contributed by atoms with E-state index in [0.29, 0.717) is 0 Å². The lowest BCUT2D eigenvalue weighted by Crippen LogP contribution is -2.06. The zero-order valence-corrected chi connectivity index (χ0v) is 10.3. The van der Waals surface area contributed by atoms with Crippen LogP contribution in [0.2, 0.25) is 0 Å². The van der Waals surface area contributed by atoms with Gasteiger partial charge in [-0.15, -0.1) is 24.8 Å². The Kier molecular flexibility index (Phi) is 5.08. The first-order chi connectivity index (χ1) is 6.16. The van der Waals surface area contributed by atoms with Crippen molar-refractivity contribution in [1.82, 2.24) is 9.97 Å². The standard InChI is InChI=1S/C10H13N3.2ClH/c1-6-3-4-8-9(5-6)13-10(12-8)7(2)11;;/h3-5,7H,11H2,1-2H3,(H,12,13);2*1H. The molecule has 2 rings (SSSR count). The van der Waals surface area contributed by atoms with Crippen LogP contribution in [0.15, 0.2) is 18.2 Å². The van der Waals surface area contributed by atoms with Gasteiger partial charge in [0.1, 0.15) is 5.82 Å². The molecule has 3 N–H and O–H groups in total. The topological polar surface area (TPSA) is 54.7 Å². The first kappa shape index (κ1) is 14.2. The molecule has 0 saturated carbocycles. The van der Waals surface area contributed by atoms with Gasteiger partial charge >= 0.3 is 0 Å². The van der Waals surface area contributed by atoms with E-state index in [0.717, 1.165) is 16.9 Å². The normalized spacial score (nSPS) is 11.7. The fraction of sp³-hybridized carbons (Fsp3) is 0.300. The summed E-state index contributed by atoms with van der Waals surface area (Å²) in [6, 6.07) is 6.10. The van der Waals surface area contributed by atoms with Gasteiger partial charge in [-0.3, -0.25) is 0 Å². The number of nitrogens with one attached hydrogen (secondary N) is 1. The third-order valence-corrected chi connectivity index (χ3v) is 2.09. The molecule has 0 aliphatic rings. The number of nitrogens with two attached hydrogens (primary N) is 1. The zero-order valence-electron chi connectivity index (χ0n) is 8.65. The Labute approximate surface area is 101 Å². The molecule has 15 heavy (non-hydrogen) atoms. The number of benzene rings is 1. The Morgan fingerprint density at radius 1 is 1.33 bits per heavy atom. The van der Waals surface area contributed by atoms with Crippen LogP contribution in [-0.2, 0) is 0 Å². The number of aromatic amines is 1. The summed E-state index contributed by atoms with van der Waals surface area (Å²) < 4.78 is 0. The van der Waals surface area contributed by atoms with Crippen molar-refractivity contribution in [2.24, 2.45) is 5.73 Å². The molecule has 5 heteroatoms. The lowest BCUT2D eigenvalue weighted by Gasteiger charge is -1.96. The molecule has 0 aliphatic carbocycles. The number of imidazole rings is 1. The predicted molar refractivity (Wildman–Crippen MR) is 67.9 cm³/mol. The van der Waals surface area contributed by atoms with Crippen LogP contribution in [0.3, 0.4) is 0 Å². The second-order valence-electron chi connectivity index (χ2n) is 3.43. The number of hydrogen-bond donors (Lipinski definition) is 2. The molecule has 0 radical (unpaired) electrons. The van der Waals surface area contributed by atoms with E-state index in [1.165, 1.54) is 5.56 Å². The Bertz CT molecular complexity index is 437. The average Bonchev–Trinajstić information content (AvgIpc) is 2.46. The van der Waals surface area contributed by atoms with Gasteiger partial charge in [0.2, 0.25) is 0 Å². The molecule has 1 heterocycles. The SMILES string of the molecule is Cc1ccc2nc(C(C)N)[nH]c2c1.Cl.Cl. The van der Waals surface area contributed by atoms with Gasteiger partial charge in [-0.25, -0.2) is 4.98 Å². The maximum absolute atomic E-state index is 5.72. The average molecular weight is 248 g/mol. The summed E-state index contributed by atoms with van der Waals surface area (Å²) in [7, 11) is 0. The van der Waals surface area contributed by atoms with E-state index in [1.807, 2.05) is 19.1 Å². The van der Waals surface area contributed by atoms with Crippen LogP contribution in [0, 0.1) is 6.92 Å². The minimum Gasteiger partial charge on any atom is -0.341 e. The number of halogens is 2. The van der Waals surface area contributed by atoms with Crippen LogP contribution in [0.25, 0.3) is 11.0 Å². The van der Waals surface area contributed by atoms with E-state index in [4.69, 9.17) is 5.73 Å². The van der Waals surface area contributed by atoms with Crippen molar-refractivity contribution in [2.75, 3.05) is 0 Å². The molecule has 84 valence electrons. The second kappa shape index (κ2) is 5.35. The molecule has 0 fully saturated rings. The number of hydrogen-bond acceptors (Lipinski definition) is 2. The van der Waals surface area contributed by atoms with E-state index in [-0.39, 0.29) is 30.9 Å². The monoisotopic (exact) mass is 247 g/mol. The highest BCUT2D eigenvalue weighted by Gasteiger charge is 2.05. The van der Waals surface area contributed by atoms with Gasteiger partial charge in [-0.1, -0.05) is 6.07 Å². The summed E-state index contributed by atoms with van der Waals surface area (Å²) in [5.74, 6) is 0.848. The molecule has 0 bridgehead atoms. The van der Waals surface area contributed by atoms with E-state index in [1.54, 1.807) is 0 Å². The number of fused-ring (bicyclic) bond motifs is 1. The summed E-state index contributed by atoms with van der Waals surface area (Å²) >= 11 is 0.